The van der Waals surface area contributed by atoms with Crippen LogP contribution in [-0.4, -0.2) is 13.1 Å². The van der Waals surface area contributed by atoms with E-state index in [1.165, 1.54) is 7.11 Å². The Bertz CT molecular complexity index is 1100. The molecule has 122 valence electrons. The monoisotopic (exact) mass is 346 g/mol. The molecule has 0 bridgehead atoms. The molecular formula is C22H15ClO2. The van der Waals surface area contributed by atoms with Gasteiger partial charge in [-0.15, -0.1) is 0 Å². The van der Waals surface area contributed by atoms with Crippen LogP contribution in [0, 0.1) is 0 Å². The molecule has 3 heteroatoms. The molecule has 2 nitrogen and oxygen atoms in total. The van der Waals surface area contributed by atoms with E-state index in [4.69, 9.17) is 16.3 Å². The molecule has 0 aromatic heterocycles. The van der Waals surface area contributed by atoms with Gasteiger partial charge >= 0.3 is 5.97 Å². The third-order valence-corrected chi connectivity index (χ3v) is 4.66. The van der Waals surface area contributed by atoms with Gasteiger partial charge in [-0.05, 0) is 63.0 Å². The standard InChI is InChI=1S/C22H15ClO2/c1-25-22(24)16-8-7-15-11-19(14-5-3-2-4-6-14)21-13-17(23)9-10-18(21)20(15)12-16/h2-13H,1H3. The summed E-state index contributed by atoms with van der Waals surface area (Å²) in [6.45, 7) is 0. The highest BCUT2D eigenvalue weighted by molar-refractivity contribution is 6.32. The predicted octanol–water partition coefficient (Wildman–Crippen LogP) is 6.10. The third kappa shape index (κ3) is 2.75. The van der Waals surface area contributed by atoms with Gasteiger partial charge < -0.3 is 4.74 Å². The number of carbonyl (C=O) groups excluding carboxylic acids is 1. The van der Waals surface area contributed by atoms with Crippen LogP contribution in [0.2, 0.25) is 5.02 Å². The smallest absolute Gasteiger partial charge is 0.337 e. The molecule has 0 saturated heterocycles. The van der Waals surface area contributed by atoms with E-state index >= 15 is 0 Å². The maximum Gasteiger partial charge on any atom is 0.337 e. The summed E-state index contributed by atoms with van der Waals surface area (Å²) in [7, 11) is 1.39. The zero-order chi connectivity index (χ0) is 17.4. The van der Waals surface area contributed by atoms with Crippen LogP contribution in [0.4, 0.5) is 0 Å². The number of ether oxygens (including phenoxy) is 1. The first-order valence-corrected chi connectivity index (χ1v) is 8.35. The van der Waals surface area contributed by atoms with Crippen molar-refractivity contribution in [3.63, 3.8) is 0 Å². The van der Waals surface area contributed by atoms with Gasteiger partial charge in [-0.2, -0.15) is 0 Å². The van der Waals surface area contributed by atoms with Crippen LogP contribution in [0.1, 0.15) is 10.4 Å². The van der Waals surface area contributed by atoms with Crippen LogP contribution < -0.4 is 0 Å². The molecular weight excluding hydrogens is 332 g/mol. The van der Waals surface area contributed by atoms with Crippen LogP contribution in [0.15, 0.2) is 72.8 Å². The molecule has 25 heavy (non-hydrogen) atoms. The summed E-state index contributed by atoms with van der Waals surface area (Å²) in [5.41, 5.74) is 2.80. The normalized spacial score (nSPS) is 11.0. The van der Waals surface area contributed by atoms with Crippen LogP contribution in [0.3, 0.4) is 0 Å². The molecule has 4 aromatic carbocycles. The molecule has 0 aliphatic carbocycles. The van der Waals surface area contributed by atoms with Crippen molar-refractivity contribution in [2.75, 3.05) is 7.11 Å². The number of hydrogen-bond acceptors (Lipinski definition) is 2. The van der Waals surface area contributed by atoms with Gasteiger partial charge in [0.15, 0.2) is 0 Å². The van der Waals surface area contributed by atoms with Crippen molar-refractivity contribution in [1.29, 1.82) is 0 Å². The van der Waals surface area contributed by atoms with E-state index in [0.29, 0.717) is 10.6 Å². The van der Waals surface area contributed by atoms with Crippen molar-refractivity contribution in [3.8, 4) is 11.1 Å². The van der Waals surface area contributed by atoms with Gasteiger partial charge in [0, 0.05) is 5.02 Å². The molecule has 0 fully saturated rings. The highest BCUT2D eigenvalue weighted by Gasteiger charge is 2.12. The van der Waals surface area contributed by atoms with Gasteiger partial charge in [0.25, 0.3) is 0 Å². The second-order valence-electron chi connectivity index (χ2n) is 5.91. The van der Waals surface area contributed by atoms with Gasteiger partial charge in [-0.25, -0.2) is 4.79 Å². The molecule has 0 unspecified atom stereocenters. The van der Waals surface area contributed by atoms with Crippen molar-refractivity contribution in [2.24, 2.45) is 0 Å². The Kier molecular flexibility index (Phi) is 3.90. The number of rotatable bonds is 2. The molecule has 0 amide bonds. The minimum atomic E-state index is -0.337. The topological polar surface area (TPSA) is 26.3 Å². The molecule has 0 heterocycles. The Morgan fingerprint density at radius 2 is 1.64 bits per heavy atom. The predicted molar refractivity (Wildman–Crippen MR) is 103 cm³/mol. The fourth-order valence-electron chi connectivity index (χ4n) is 3.22. The average Bonchev–Trinajstić information content (AvgIpc) is 2.66. The van der Waals surface area contributed by atoms with E-state index in [1.54, 1.807) is 6.07 Å². The minimum Gasteiger partial charge on any atom is -0.465 e. The van der Waals surface area contributed by atoms with Crippen molar-refractivity contribution in [1.82, 2.24) is 0 Å². The zero-order valence-corrected chi connectivity index (χ0v) is 14.4. The molecule has 4 rings (SSSR count). The van der Waals surface area contributed by atoms with Crippen LogP contribution in [0.5, 0.6) is 0 Å². The fourth-order valence-corrected chi connectivity index (χ4v) is 3.40. The summed E-state index contributed by atoms with van der Waals surface area (Å²) >= 11 is 6.26. The first-order valence-electron chi connectivity index (χ1n) is 7.97. The summed E-state index contributed by atoms with van der Waals surface area (Å²) in [5, 5.41) is 4.89. The number of esters is 1. The summed E-state index contributed by atoms with van der Waals surface area (Å²) in [6, 6.07) is 23.9. The lowest BCUT2D eigenvalue weighted by Gasteiger charge is -2.12. The van der Waals surface area contributed by atoms with Crippen molar-refractivity contribution in [2.45, 2.75) is 0 Å². The molecule has 0 saturated carbocycles. The van der Waals surface area contributed by atoms with Gasteiger partial charge in [0.1, 0.15) is 0 Å². The number of carbonyl (C=O) groups is 1. The minimum absolute atomic E-state index is 0.337. The highest BCUT2D eigenvalue weighted by Crippen LogP contribution is 2.36. The van der Waals surface area contributed by atoms with Crippen molar-refractivity contribution >= 4 is 39.1 Å². The molecule has 0 atom stereocenters. The first-order chi connectivity index (χ1) is 12.2. The molecule has 4 aromatic rings. The van der Waals surface area contributed by atoms with E-state index in [9.17, 15) is 4.79 Å². The zero-order valence-electron chi connectivity index (χ0n) is 13.6. The molecule has 0 aliphatic rings. The number of hydrogen-bond donors (Lipinski definition) is 0. The summed E-state index contributed by atoms with van der Waals surface area (Å²) in [5.74, 6) is -0.337. The van der Waals surface area contributed by atoms with E-state index in [-0.39, 0.29) is 5.97 Å². The van der Waals surface area contributed by atoms with Crippen LogP contribution >= 0.6 is 11.6 Å². The molecule has 0 radical (unpaired) electrons. The van der Waals surface area contributed by atoms with Crippen molar-refractivity contribution < 1.29 is 9.53 Å². The molecule has 0 N–H and O–H groups in total. The lowest BCUT2D eigenvalue weighted by Crippen LogP contribution is -2.00. The largest absolute Gasteiger partial charge is 0.465 e. The SMILES string of the molecule is COC(=O)c1ccc2cc(-c3ccccc3)c3cc(Cl)ccc3c2c1. The van der Waals surface area contributed by atoms with Gasteiger partial charge in [0.05, 0.1) is 12.7 Å². The van der Waals surface area contributed by atoms with Gasteiger partial charge in [0.2, 0.25) is 0 Å². The maximum atomic E-state index is 11.9. The Balaban J connectivity index is 2.10. The Labute approximate surface area is 150 Å². The number of fused-ring (bicyclic) bond motifs is 3. The van der Waals surface area contributed by atoms with Gasteiger partial charge in [-0.1, -0.05) is 54.1 Å². The molecule has 0 aliphatic heterocycles. The summed E-state index contributed by atoms with van der Waals surface area (Å²) < 4.78 is 4.85. The second-order valence-corrected chi connectivity index (χ2v) is 6.34. The first kappa shape index (κ1) is 15.7. The lowest BCUT2D eigenvalue weighted by atomic mass is 9.92. The van der Waals surface area contributed by atoms with Crippen molar-refractivity contribution in [3.05, 3.63) is 83.4 Å². The van der Waals surface area contributed by atoms with Crippen LogP contribution in [-0.2, 0) is 4.74 Å². The lowest BCUT2D eigenvalue weighted by molar-refractivity contribution is 0.0601. The highest BCUT2D eigenvalue weighted by atomic mass is 35.5. The Morgan fingerprint density at radius 3 is 2.40 bits per heavy atom. The van der Waals surface area contributed by atoms with E-state index < -0.39 is 0 Å². The summed E-state index contributed by atoms with van der Waals surface area (Å²) in [4.78, 5) is 11.9. The molecule has 0 spiro atoms. The Morgan fingerprint density at radius 1 is 0.840 bits per heavy atom. The third-order valence-electron chi connectivity index (χ3n) is 4.42. The second kappa shape index (κ2) is 6.23. The number of halogens is 1. The van der Waals surface area contributed by atoms with E-state index in [2.05, 4.69) is 18.2 Å². The summed E-state index contributed by atoms with van der Waals surface area (Å²) in [6.07, 6.45) is 0. The average molecular weight is 347 g/mol. The van der Waals surface area contributed by atoms with E-state index in [1.807, 2.05) is 48.5 Å². The number of benzene rings is 4. The number of methoxy groups -OCH3 is 1. The van der Waals surface area contributed by atoms with Gasteiger partial charge in [-0.3, -0.25) is 0 Å². The quantitative estimate of drug-likeness (QED) is 0.324. The maximum absolute atomic E-state index is 11.9. The Hall–Kier alpha value is -2.84. The fraction of sp³-hybridized carbons (Fsp3) is 0.0455. The van der Waals surface area contributed by atoms with E-state index in [0.717, 1.165) is 32.7 Å². The van der Waals surface area contributed by atoms with Crippen LogP contribution in [0.25, 0.3) is 32.7 Å².